The third kappa shape index (κ3) is 2.13. The number of anilines is 1. The molecule has 0 bridgehead atoms. The van der Waals surface area contributed by atoms with Gasteiger partial charge in [-0.3, -0.25) is 9.48 Å². The van der Waals surface area contributed by atoms with Crippen LogP contribution in [0.3, 0.4) is 0 Å². The van der Waals surface area contributed by atoms with Gasteiger partial charge in [0.2, 0.25) is 0 Å². The quantitative estimate of drug-likeness (QED) is 0.908. The van der Waals surface area contributed by atoms with Crippen LogP contribution in [0.1, 0.15) is 37.4 Å². The van der Waals surface area contributed by atoms with Crippen LogP contribution < -0.4 is 4.90 Å². The van der Waals surface area contributed by atoms with E-state index in [1.807, 2.05) is 11.8 Å². The van der Waals surface area contributed by atoms with Gasteiger partial charge in [-0.05, 0) is 26.2 Å². The molecule has 0 aliphatic carbocycles. The Bertz CT molecular complexity index is 572. The Kier molecular flexibility index (Phi) is 3.71. The number of piperidine rings is 1. The zero-order valence-corrected chi connectivity index (χ0v) is 12.2. The Hall–Kier alpha value is -2.03. The monoisotopic (exact) mass is 276 g/mol. The van der Waals surface area contributed by atoms with Crippen molar-refractivity contribution in [2.24, 2.45) is 12.5 Å². The molecule has 1 aromatic heterocycles. The molecule has 1 atom stereocenters. The van der Waals surface area contributed by atoms with Gasteiger partial charge in [0.1, 0.15) is 17.5 Å². The lowest BCUT2D eigenvalue weighted by molar-refractivity contribution is -0.149. The first kappa shape index (κ1) is 14.4. The van der Waals surface area contributed by atoms with Gasteiger partial charge in [-0.1, -0.05) is 6.92 Å². The van der Waals surface area contributed by atoms with Gasteiger partial charge in [-0.2, -0.15) is 10.4 Å². The second kappa shape index (κ2) is 5.16. The molecule has 0 amide bonds. The standard InChI is InChI=1S/C14H20N4O2/c1-4-14(13(19)20)6-5-7-18(9-14)12-11(8-15)10(2)16-17(12)3/h4-7,9H2,1-3H3,(H,19,20). The van der Waals surface area contributed by atoms with E-state index in [0.717, 1.165) is 18.8 Å². The Labute approximate surface area is 118 Å². The fraction of sp³-hybridized carbons (Fsp3) is 0.643. The highest BCUT2D eigenvalue weighted by molar-refractivity contribution is 5.76. The van der Waals surface area contributed by atoms with E-state index in [2.05, 4.69) is 11.2 Å². The van der Waals surface area contributed by atoms with E-state index in [1.54, 1.807) is 18.7 Å². The third-order valence-electron chi connectivity index (χ3n) is 4.31. The van der Waals surface area contributed by atoms with Crippen LogP contribution in [0.15, 0.2) is 0 Å². The van der Waals surface area contributed by atoms with Crippen LogP contribution in [-0.4, -0.2) is 33.9 Å². The number of nitrogens with zero attached hydrogens (tertiary/aromatic N) is 4. The van der Waals surface area contributed by atoms with Crippen LogP contribution >= 0.6 is 0 Å². The maximum absolute atomic E-state index is 11.6. The zero-order chi connectivity index (χ0) is 14.9. The molecule has 2 rings (SSSR count). The SMILES string of the molecule is CCC1(C(=O)O)CCCN(c2c(C#N)c(C)nn2C)C1. The maximum atomic E-state index is 11.6. The number of nitriles is 1. The summed E-state index contributed by atoms with van der Waals surface area (Å²) in [5.41, 5.74) is 0.515. The number of carboxylic acids is 1. The molecule has 1 unspecified atom stereocenters. The molecule has 1 aromatic rings. The van der Waals surface area contributed by atoms with Crippen molar-refractivity contribution < 1.29 is 9.90 Å². The molecule has 1 aliphatic rings. The molecule has 6 nitrogen and oxygen atoms in total. The largest absolute Gasteiger partial charge is 0.481 e. The van der Waals surface area contributed by atoms with Crippen LogP contribution in [0.4, 0.5) is 5.82 Å². The van der Waals surface area contributed by atoms with Gasteiger partial charge in [-0.25, -0.2) is 0 Å². The van der Waals surface area contributed by atoms with Gasteiger partial charge >= 0.3 is 5.97 Å². The van der Waals surface area contributed by atoms with Crippen molar-refractivity contribution in [1.29, 1.82) is 5.26 Å². The first-order valence-corrected chi connectivity index (χ1v) is 6.87. The molecule has 1 N–H and O–H groups in total. The smallest absolute Gasteiger partial charge is 0.311 e. The fourth-order valence-corrected chi connectivity index (χ4v) is 3.07. The molecule has 0 radical (unpaired) electrons. The molecule has 0 aromatic carbocycles. The molecule has 108 valence electrons. The van der Waals surface area contributed by atoms with Crippen molar-refractivity contribution >= 4 is 11.8 Å². The lowest BCUT2D eigenvalue weighted by atomic mass is 9.77. The van der Waals surface area contributed by atoms with E-state index in [-0.39, 0.29) is 0 Å². The van der Waals surface area contributed by atoms with Crippen molar-refractivity contribution in [3.8, 4) is 6.07 Å². The highest BCUT2D eigenvalue weighted by Crippen LogP contribution is 2.36. The first-order chi connectivity index (χ1) is 9.45. The third-order valence-corrected chi connectivity index (χ3v) is 4.31. The number of hydrogen-bond acceptors (Lipinski definition) is 4. The van der Waals surface area contributed by atoms with Crippen molar-refractivity contribution in [2.75, 3.05) is 18.0 Å². The minimum Gasteiger partial charge on any atom is -0.481 e. The number of aryl methyl sites for hydroxylation is 2. The van der Waals surface area contributed by atoms with E-state index in [4.69, 9.17) is 0 Å². The van der Waals surface area contributed by atoms with Crippen molar-refractivity contribution in [3.63, 3.8) is 0 Å². The molecular formula is C14H20N4O2. The van der Waals surface area contributed by atoms with Crippen LogP contribution in [0, 0.1) is 23.7 Å². The van der Waals surface area contributed by atoms with E-state index in [9.17, 15) is 15.2 Å². The normalized spacial score (nSPS) is 22.6. The van der Waals surface area contributed by atoms with Gasteiger partial charge < -0.3 is 10.0 Å². The summed E-state index contributed by atoms with van der Waals surface area (Å²) in [6.45, 7) is 4.92. The van der Waals surface area contributed by atoms with Crippen LogP contribution in [0.25, 0.3) is 0 Å². The minimum absolute atomic E-state index is 0.437. The number of hydrogen-bond donors (Lipinski definition) is 1. The number of aliphatic carboxylic acids is 1. The summed E-state index contributed by atoms with van der Waals surface area (Å²) in [5.74, 6) is -0.00845. The van der Waals surface area contributed by atoms with Gasteiger partial charge in [0.25, 0.3) is 0 Å². The summed E-state index contributed by atoms with van der Waals surface area (Å²) in [6, 6.07) is 2.18. The first-order valence-electron chi connectivity index (χ1n) is 6.87. The summed E-state index contributed by atoms with van der Waals surface area (Å²) in [6.07, 6.45) is 2.10. The predicted octanol–water partition coefficient (Wildman–Crippen LogP) is 1.68. The van der Waals surface area contributed by atoms with Crippen molar-refractivity contribution in [1.82, 2.24) is 9.78 Å². The van der Waals surface area contributed by atoms with Gasteiger partial charge in [0.05, 0.1) is 11.1 Å². The van der Waals surface area contributed by atoms with Gasteiger partial charge in [0, 0.05) is 20.1 Å². The minimum atomic E-state index is -0.748. The van der Waals surface area contributed by atoms with Crippen molar-refractivity contribution in [2.45, 2.75) is 33.1 Å². The Balaban J connectivity index is 2.40. The second-order valence-corrected chi connectivity index (χ2v) is 5.48. The molecule has 1 aliphatic heterocycles. The highest BCUT2D eigenvalue weighted by Gasteiger charge is 2.42. The van der Waals surface area contributed by atoms with E-state index < -0.39 is 11.4 Å². The van der Waals surface area contributed by atoms with E-state index in [1.165, 1.54) is 0 Å². The molecule has 2 heterocycles. The molecule has 0 spiro atoms. The van der Waals surface area contributed by atoms with E-state index in [0.29, 0.717) is 30.6 Å². The summed E-state index contributed by atoms with van der Waals surface area (Å²) < 4.78 is 1.68. The van der Waals surface area contributed by atoms with E-state index >= 15 is 0 Å². The summed E-state index contributed by atoms with van der Waals surface area (Å²) in [5, 5.41) is 23.1. The zero-order valence-electron chi connectivity index (χ0n) is 12.2. The molecule has 0 saturated carbocycles. The topological polar surface area (TPSA) is 82.2 Å². The summed E-state index contributed by atoms with van der Waals surface area (Å²) >= 11 is 0. The lowest BCUT2D eigenvalue weighted by Crippen LogP contribution is -2.48. The average Bonchev–Trinajstić information content (AvgIpc) is 2.72. The number of aromatic nitrogens is 2. The van der Waals surface area contributed by atoms with Gasteiger partial charge in [-0.15, -0.1) is 0 Å². The molecular weight excluding hydrogens is 256 g/mol. The summed E-state index contributed by atoms with van der Waals surface area (Å²) in [4.78, 5) is 13.6. The Morgan fingerprint density at radius 3 is 2.85 bits per heavy atom. The van der Waals surface area contributed by atoms with Crippen LogP contribution in [0.2, 0.25) is 0 Å². The predicted molar refractivity (Wildman–Crippen MR) is 74.5 cm³/mol. The van der Waals surface area contributed by atoms with Crippen LogP contribution in [-0.2, 0) is 11.8 Å². The second-order valence-electron chi connectivity index (χ2n) is 5.48. The average molecular weight is 276 g/mol. The fourth-order valence-electron chi connectivity index (χ4n) is 3.07. The summed E-state index contributed by atoms with van der Waals surface area (Å²) in [7, 11) is 1.80. The maximum Gasteiger partial charge on any atom is 0.311 e. The Morgan fingerprint density at radius 2 is 2.30 bits per heavy atom. The number of rotatable bonds is 3. The molecule has 1 fully saturated rings. The highest BCUT2D eigenvalue weighted by atomic mass is 16.4. The van der Waals surface area contributed by atoms with Crippen molar-refractivity contribution in [3.05, 3.63) is 11.3 Å². The molecule has 6 heteroatoms. The number of carboxylic acid groups (broad SMARTS) is 1. The lowest BCUT2D eigenvalue weighted by Gasteiger charge is -2.40. The van der Waals surface area contributed by atoms with Crippen LogP contribution in [0.5, 0.6) is 0 Å². The molecule has 20 heavy (non-hydrogen) atoms. The number of carbonyl (C=O) groups is 1. The van der Waals surface area contributed by atoms with Gasteiger partial charge in [0.15, 0.2) is 0 Å². The Morgan fingerprint density at radius 1 is 1.60 bits per heavy atom. The molecule has 1 saturated heterocycles.